The van der Waals surface area contributed by atoms with E-state index in [1.807, 2.05) is 0 Å². The Labute approximate surface area is 84.0 Å². The molecule has 0 aliphatic rings. The zero-order valence-electron chi connectivity index (χ0n) is 7.38. The summed E-state index contributed by atoms with van der Waals surface area (Å²) in [4.78, 5) is 3.84. The van der Waals surface area contributed by atoms with Crippen molar-refractivity contribution in [3.8, 4) is 0 Å². The third kappa shape index (κ3) is 3.06. The number of alkyl halides is 3. The Morgan fingerprint density at radius 1 is 1.36 bits per heavy atom. The maximum atomic E-state index is 12.2. The molecular weight excluding hydrogens is 211 g/mol. The number of hydrogen-bond acceptors (Lipinski definition) is 2. The number of hydrogen-bond donors (Lipinski definition) is 0. The van der Waals surface area contributed by atoms with E-state index in [0.717, 1.165) is 12.1 Å². The third-order valence-electron chi connectivity index (χ3n) is 1.48. The Balaban J connectivity index is 2.96. The number of aliphatic imine (C=N–C) groups is 1. The molecule has 1 aromatic carbocycles. The van der Waals surface area contributed by atoms with E-state index in [0.29, 0.717) is 5.69 Å². The van der Waals surface area contributed by atoms with Crippen LogP contribution in [0.25, 0.3) is 0 Å². The molecule has 1 aromatic rings. The Kier molecular flexibility index (Phi) is 3.57. The Hall–Kier alpha value is -0.970. The van der Waals surface area contributed by atoms with Gasteiger partial charge in [-0.2, -0.15) is 13.2 Å². The SMILES string of the molecule is CSC=Nc1cccc(C(F)(F)F)c1. The van der Waals surface area contributed by atoms with Crippen LogP contribution in [0.15, 0.2) is 29.3 Å². The van der Waals surface area contributed by atoms with Gasteiger partial charge in [0.25, 0.3) is 0 Å². The van der Waals surface area contributed by atoms with E-state index in [1.165, 1.54) is 29.4 Å². The minimum absolute atomic E-state index is 0.314. The smallest absolute Gasteiger partial charge is 0.250 e. The summed E-state index contributed by atoms with van der Waals surface area (Å²) in [6, 6.07) is 4.92. The highest BCUT2D eigenvalue weighted by Crippen LogP contribution is 2.31. The second-order valence-electron chi connectivity index (χ2n) is 2.52. The first kappa shape index (κ1) is 11.1. The lowest BCUT2D eigenvalue weighted by molar-refractivity contribution is -0.137. The molecule has 76 valence electrons. The van der Waals surface area contributed by atoms with Gasteiger partial charge in [0, 0.05) is 0 Å². The molecule has 0 N–H and O–H groups in total. The monoisotopic (exact) mass is 219 g/mol. The van der Waals surface area contributed by atoms with Crippen molar-refractivity contribution in [2.75, 3.05) is 6.26 Å². The van der Waals surface area contributed by atoms with Crippen LogP contribution in [0.4, 0.5) is 18.9 Å². The predicted molar refractivity (Wildman–Crippen MR) is 53.1 cm³/mol. The Bertz CT molecular complexity index is 333. The minimum atomic E-state index is -4.30. The van der Waals surface area contributed by atoms with Crippen LogP contribution in [0, 0.1) is 0 Å². The highest BCUT2D eigenvalue weighted by Gasteiger charge is 2.30. The fourth-order valence-electron chi connectivity index (χ4n) is 0.876. The maximum Gasteiger partial charge on any atom is 0.416 e. The van der Waals surface area contributed by atoms with Gasteiger partial charge >= 0.3 is 6.18 Å². The second kappa shape index (κ2) is 4.50. The molecule has 0 amide bonds. The number of rotatable bonds is 2. The summed E-state index contributed by atoms with van der Waals surface area (Å²) in [7, 11) is 0. The van der Waals surface area contributed by atoms with Crippen molar-refractivity contribution in [3.05, 3.63) is 29.8 Å². The quantitative estimate of drug-likeness (QED) is 0.545. The predicted octanol–water partition coefficient (Wildman–Crippen LogP) is 3.73. The zero-order chi connectivity index (χ0) is 10.6. The molecule has 0 saturated carbocycles. The van der Waals surface area contributed by atoms with Crippen molar-refractivity contribution in [2.45, 2.75) is 6.18 Å². The maximum absolute atomic E-state index is 12.2. The van der Waals surface area contributed by atoms with Crippen LogP contribution in [-0.4, -0.2) is 11.8 Å². The second-order valence-corrected chi connectivity index (χ2v) is 3.20. The average Bonchev–Trinajstić information content (AvgIpc) is 2.14. The van der Waals surface area contributed by atoms with Gasteiger partial charge in [-0.15, -0.1) is 11.8 Å². The van der Waals surface area contributed by atoms with Gasteiger partial charge in [0.15, 0.2) is 0 Å². The Morgan fingerprint density at radius 3 is 2.64 bits per heavy atom. The molecule has 0 radical (unpaired) electrons. The highest BCUT2D eigenvalue weighted by atomic mass is 32.2. The van der Waals surface area contributed by atoms with Crippen LogP contribution in [0.1, 0.15) is 5.56 Å². The summed E-state index contributed by atoms with van der Waals surface area (Å²) < 4.78 is 36.7. The average molecular weight is 219 g/mol. The molecule has 5 heteroatoms. The fourth-order valence-corrected chi connectivity index (χ4v) is 1.10. The number of benzene rings is 1. The van der Waals surface area contributed by atoms with Crippen LogP contribution in [-0.2, 0) is 6.18 Å². The summed E-state index contributed by atoms with van der Waals surface area (Å²) in [6.07, 6.45) is -2.51. The Morgan fingerprint density at radius 2 is 2.07 bits per heavy atom. The number of halogens is 3. The molecule has 14 heavy (non-hydrogen) atoms. The molecule has 0 heterocycles. The zero-order valence-corrected chi connectivity index (χ0v) is 8.19. The molecule has 0 fully saturated rings. The van der Waals surface area contributed by atoms with E-state index in [9.17, 15) is 13.2 Å². The molecule has 0 unspecified atom stereocenters. The van der Waals surface area contributed by atoms with Crippen molar-refractivity contribution in [2.24, 2.45) is 4.99 Å². The molecule has 0 atom stereocenters. The molecule has 1 nitrogen and oxygen atoms in total. The minimum Gasteiger partial charge on any atom is -0.250 e. The van der Waals surface area contributed by atoms with Gasteiger partial charge < -0.3 is 0 Å². The standard InChI is InChI=1S/C9H8F3NS/c1-14-6-13-8-4-2-3-7(5-8)9(10,11)12/h2-6H,1H3. The third-order valence-corrected chi connectivity index (χ3v) is 1.80. The van der Waals surface area contributed by atoms with E-state index < -0.39 is 11.7 Å². The first-order valence-corrected chi connectivity index (χ1v) is 5.05. The van der Waals surface area contributed by atoms with E-state index in [1.54, 1.807) is 6.26 Å². The van der Waals surface area contributed by atoms with E-state index >= 15 is 0 Å². The number of thioether (sulfide) groups is 1. The molecule has 0 aliphatic heterocycles. The molecule has 0 bridgehead atoms. The summed E-state index contributed by atoms with van der Waals surface area (Å²) in [5.41, 5.74) is 1.14. The van der Waals surface area contributed by atoms with Crippen molar-refractivity contribution in [1.82, 2.24) is 0 Å². The molecule has 0 spiro atoms. The van der Waals surface area contributed by atoms with Gasteiger partial charge in [0.1, 0.15) is 0 Å². The fraction of sp³-hybridized carbons (Fsp3) is 0.222. The van der Waals surface area contributed by atoms with Crippen LogP contribution >= 0.6 is 11.8 Å². The van der Waals surface area contributed by atoms with Gasteiger partial charge in [-0.25, -0.2) is 0 Å². The van der Waals surface area contributed by atoms with E-state index in [2.05, 4.69) is 4.99 Å². The summed E-state index contributed by atoms with van der Waals surface area (Å²) in [6.45, 7) is 0. The number of nitrogens with zero attached hydrogens (tertiary/aromatic N) is 1. The van der Waals surface area contributed by atoms with Gasteiger partial charge in [-0.05, 0) is 24.5 Å². The summed E-state index contributed by atoms with van der Waals surface area (Å²) in [5.74, 6) is 0. The highest BCUT2D eigenvalue weighted by molar-refractivity contribution is 8.11. The van der Waals surface area contributed by atoms with Crippen LogP contribution in [0.2, 0.25) is 0 Å². The first-order valence-electron chi connectivity index (χ1n) is 3.76. The largest absolute Gasteiger partial charge is 0.416 e. The van der Waals surface area contributed by atoms with Gasteiger partial charge in [0.2, 0.25) is 0 Å². The summed E-state index contributed by atoms with van der Waals surface area (Å²) in [5, 5.41) is 0. The van der Waals surface area contributed by atoms with Crippen molar-refractivity contribution in [3.63, 3.8) is 0 Å². The topological polar surface area (TPSA) is 12.4 Å². The first-order chi connectivity index (χ1) is 6.54. The van der Waals surface area contributed by atoms with Gasteiger partial charge in [0.05, 0.1) is 16.8 Å². The van der Waals surface area contributed by atoms with Crippen LogP contribution in [0.3, 0.4) is 0 Å². The van der Waals surface area contributed by atoms with Crippen LogP contribution in [0.5, 0.6) is 0 Å². The lowest BCUT2D eigenvalue weighted by Gasteiger charge is -2.06. The lowest BCUT2D eigenvalue weighted by Crippen LogP contribution is -2.03. The van der Waals surface area contributed by atoms with Crippen molar-refractivity contribution in [1.29, 1.82) is 0 Å². The van der Waals surface area contributed by atoms with Crippen LogP contribution < -0.4 is 0 Å². The molecule has 0 saturated heterocycles. The molecule has 0 aromatic heterocycles. The molecule has 0 aliphatic carbocycles. The summed E-state index contributed by atoms with van der Waals surface area (Å²) >= 11 is 1.34. The lowest BCUT2D eigenvalue weighted by atomic mass is 10.2. The van der Waals surface area contributed by atoms with Gasteiger partial charge in [-0.1, -0.05) is 6.07 Å². The normalized spacial score (nSPS) is 12.3. The van der Waals surface area contributed by atoms with Crippen molar-refractivity contribution >= 4 is 23.0 Å². The van der Waals surface area contributed by atoms with Crippen molar-refractivity contribution < 1.29 is 13.2 Å². The molecule has 1 rings (SSSR count). The van der Waals surface area contributed by atoms with E-state index in [-0.39, 0.29) is 0 Å². The van der Waals surface area contributed by atoms with Gasteiger partial charge in [-0.3, -0.25) is 4.99 Å². The molecular formula is C9H8F3NS. The van der Waals surface area contributed by atoms with E-state index in [4.69, 9.17) is 0 Å².